The first-order chi connectivity index (χ1) is 20.8. The van der Waals surface area contributed by atoms with Gasteiger partial charge in [-0.3, -0.25) is 9.69 Å². The van der Waals surface area contributed by atoms with Crippen molar-refractivity contribution in [3.8, 4) is 6.01 Å². The first-order valence-electron chi connectivity index (χ1n) is 15.3. The molecular weight excluding hydrogens is 569 g/mol. The largest absolute Gasteiger partial charge is 0.461 e. The number of carbonyl (C=O) groups excluding carboxylic acids is 1. The molecule has 0 N–H and O–H groups in total. The summed E-state index contributed by atoms with van der Waals surface area (Å²) in [5.74, 6) is -0.823. The number of rotatable bonds is 6. The first-order valence-corrected chi connectivity index (χ1v) is 15.7. The average molecular weight is 606 g/mol. The fraction of sp³-hybridized carbons (Fsp3) is 0.485. The van der Waals surface area contributed by atoms with Crippen LogP contribution in [0.15, 0.2) is 48.8 Å². The topological polar surface area (TPSA) is 71.0 Å². The van der Waals surface area contributed by atoms with E-state index in [0.717, 1.165) is 59.3 Å². The summed E-state index contributed by atoms with van der Waals surface area (Å²) >= 11 is 6.70. The van der Waals surface area contributed by atoms with Gasteiger partial charge < -0.3 is 19.3 Å². The van der Waals surface area contributed by atoms with E-state index in [0.29, 0.717) is 50.2 Å². The van der Waals surface area contributed by atoms with Crippen molar-refractivity contribution in [1.82, 2.24) is 19.8 Å². The highest BCUT2D eigenvalue weighted by Crippen LogP contribution is 2.44. The molecule has 10 heteroatoms. The number of fused-ring (bicyclic) bond motifs is 3. The van der Waals surface area contributed by atoms with Crippen LogP contribution in [0.5, 0.6) is 6.01 Å². The minimum atomic E-state index is -0.933. The van der Waals surface area contributed by atoms with E-state index in [1.54, 1.807) is 0 Å². The Bertz CT molecular complexity index is 1560. The van der Waals surface area contributed by atoms with Crippen LogP contribution in [0.2, 0.25) is 5.02 Å². The first kappa shape index (κ1) is 28.5. The number of hydrogen-bond donors (Lipinski definition) is 0. The van der Waals surface area contributed by atoms with Crippen LogP contribution in [0.3, 0.4) is 0 Å². The smallest absolute Gasteiger partial charge is 0.318 e. The molecule has 3 saturated heterocycles. The monoisotopic (exact) mass is 605 g/mol. The summed E-state index contributed by atoms with van der Waals surface area (Å²) in [6.45, 7) is 9.80. The quantitative estimate of drug-likeness (QED) is 0.329. The molecular formula is C33H37ClFN5O3. The van der Waals surface area contributed by atoms with Crippen LogP contribution in [-0.2, 0) is 16.0 Å². The number of piperazine rings is 1. The van der Waals surface area contributed by atoms with Gasteiger partial charge in [0.15, 0.2) is 5.83 Å². The van der Waals surface area contributed by atoms with Gasteiger partial charge in [0, 0.05) is 48.6 Å². The van der Waals surface area contributed by atoms with Crippen molar-refractivity contribution in [3.63, 3.8) is 0 Å². The Morgan fingerprint density at radius 2 is 1.81 bits per heavy atom. The van der Waals surface area contributed by atoms with Gasteiger partial charge in [-0.2, -0.15) is 9.97 Å². The second-order valence-electron chi connectivity index (χ2n) is 12.2. The third kappa shape index (κ3) is 5.15. The normalized spacial score (nSPS) is 23.3. The van der Waals surface area contributed by atoms with Gasteiger partial charge in [0.2, 0.25) is 0 Å². The molecule has 0 bridgehead atoms. The van der Waals surface area contributed by atoms with Crippen LogP contribution in [-0.4, -0.2) is 77.1 Å². The molecule has 3 fully saturated rings. The maximum Gasteiger partial charge on any atom is 0.318 e. The third-order valence-corrected chi connectivity index (χ3v) is 10.1. The maximum atomic E-state index is 13.6. The molecule has 4 aliphatic rings. The highest BCUT2D eigenvalue weighted by molar-refractivity contribution is 6.35. The molecule has 4 aliphatic heterocycles. The van der Waals surface area contributed by atoms with Crippen LogP contribution in [0.25, 0.3) is 10.8 Å². The van der Waals surface area contributed by atoms with Crippen molar-refractivity contribution < 1.29 is 18.7 Å². The van der Waals surface area contributed by atoms with E-state index in [2.05, 4.69) is 34.6 Å². The summed E-state index contributed by atoms with van der Waals surface area (Å²) in [4.78, 5) is 28.4. The van der Waals surface area contributed by atoms with E-state index in [-0.39, 0.29) is 17.7 Å². The number of halogens is 2. The third-order valence-electron chi connectivity index (χ3n) is 9.75. The van der Waals surface area contributed by atoms with Gasteiger partial charge in [0.1, 0.15) is 12.4 Å². The Morgan fingerprint density at radius 3 is 2.53 bits per heavy atom. The molecule has 8 nitrogen and oxygen atoms in total. The second-order valence-corrected chi connectivity index (χ2v) is 12.6. The molecule has 2 atom stereocenters. The molecule has 0 radical (unpaired) electrons. The second kappa shape index (κ2) is 11.3. The number of benzene rings is 2. The zero-order valence-corrected chi connectivity index (χ0v) is 25.3. The average Bonchev–Trinajstić information content (AvgIpc) is 3.60. The fourth-order valence-electron chi connectivity index (χ4n) is 7.62. The van der Waals surface area contributed by atoms with Gasteiger partial charge in [0.05, 0.1) is 23.4 Å². The minimum absolute atomic E-state index is 0.0683. The lowest BCUT2D eigenvalue weighted by Crippen LogP contribution is -2.49. The SMILES string of the molecule is C=C(F)C(=O)N1CCN(c2nc(OCC34CCCN3CCC4)nc3c2C(C)OC(c2cccc4cccc(Cl)c24)C3)CC1. The highest BCUT2D eigenvalue weighted by atomic mass is 35.5. The Labute approximate surface area is 256 Å². The van der Waals surface area contributed by atoms with Crippen molar-refractivity contribution in [1.29, 1.82) is 0 Å². The lowest BCUT2D eigenvalue weighted by molar-refractivity contribution is -0.128. The van der Waals surface area contributed by atoms with E-state index < -0.39 is 11.7 Å². The van der Waals surface area contributed by atoms with Crippen LogP contribution >= 0.6 is 11.6 Å². The fourth-order valence-corrected chi connectivity index (χ4v) is 7.91. The lowest BCUT2D eigenvalue weighted by atomic mass is 9.92. The van der Waals surface area contributed by atoms with Gasteiger partial charge in [0.25, 0.3) is 5.91 Å². The minimum Gasteiger partial charge on any atom is -0.461 e. The summed E-state index contributed by atoms with van der Waals surface area (Å²) < 4.78 is 26.7. The molecule has 2 unspecified atom stereocenters. The standard InChI is InChI=1S/C33H37ClFN5O3/c1-21(35)31(41)39-17-15-38(16-18-39)30-28-22(2)43-27(24-9-3-7-23-8-4-10-25(34)29(23)24)19-26(28)36-32(37-30)42-20-33-11-5-13-40(33)14-6-12-33/h3-4,7-10,22,27H,1,5-6,11-20H2,2H3. The molecule has 1 amide bonds. The molecule has 43 heavy (non-hydrogen) atoms. The summed E-state index contributed by atoms with van der Waals surface area (Å²) in [5.41, 5.74) is 2.94. The zero-order valence-electron chi connectivity index (χ0n) is 24.5. The molecule has 226 valence electrons. The number of amides is 1. The molecule has 0 spiro atoms. The van der Waals surface area contributed by atoms with Crippen molar-refractivity contribution in [2.45, 2.75) is 56.8 Å². The van der Waals surface area contributed by atoms with Gasteiger partial charge in [-0.05, 0) is 62.7 Å². The van der Waals surface area contributed by atoms with E-state index in [4.69, 9.17) is 31.0 Å². The van der Waals surface area contributed by atoms with Gasteiger partial charge in [-0.25, -0.2) is 4.39 Å². The molecule has 0 saturated carbocycles. The van der Waals surface area contributed by atoms with Crippen LogP contribution < -0.4 is 9.64 Å². The molecule has 7 rings (SSSR count). The summed E-state index contributed by atoms with van der Waals surface area (Å²) in [5, 5.41) is 2.76. The van der Waals surface area contributed by atoms with Gasteiger partial charge >= 0.3 is 6.01 Å². The Morgan fingerprint density at radius 1 is 1.09 bits per heavy atom. The number of carbonyl (C=O) groups is 1. The highest BCUT2D eigenvalue weighted by Gasteiger charge is 2.45. The van der Waals surface area contributed by atoms with Gasteiger partial charge in [-0.15, -0.1) is 0 Å². The van der Waals surface area contributed by atoms with Crippen molar-refractivity contribution in [2.75, 3.05) is 50.8 Å². The predicted octanol–water partition coefficient (Wildman–Crippen LogP) is 5.80. The number of aromatic nitrogens is 2. The van der Waals surface area contributed by atoms with Crippen LogP contribution in [0.1, 0.15) is 61.6 Å². The lowest BCUT2D eigenvalue weighted by Gasteiger charge is -2.39. The maximum absolute atomic E-state index is 13.6. The Kier molecular flexibility index (Phi) is 7.51. The predicted molar refractivity (Wildman–Crippen MR) is 164 cm³/mol. The number of ether oxygens (including phenoxy) is 2. The van der Waals surface area contributed by atoms with Crippen molar-refractivity contribution >= 4 is 34.1 Å². The molecule has 1 aromatic heterocycles. The molecule has 5 heterocycles. The van der Waals surface area contributed by atoms with Crippen molar-refractivity contribution in [2.24, 2.45) is 0 Å². The summed E-state index contributed by atoms with van der Waals surface area (Å²) in [6.07, 6.45) is 4.67. The van der Waals surface area contributed by atoms with Crippen LogP contribution in [0.4, 0.5) is 10.2 Å². The number of anilines is 1. The number of nitrogens with zero attached hydrogens (tertiary/aromatic N) is 5. The van der Waals surface area contributed by atoms with E-state index >= 15 is 0 Å². The van der Waals surface area contributed by atoms with Crippen LogP contribution in [0, 0.1) is 0 Å². The summed E-state index contributed by atoms with van der Waals surface area (Å²) in [6, 6.07) is 12.5. The van der Waals surface area contributed by atoms with E-state index in [9.17, 15) is 9.18 Å². The molecule has 3 aromatic rings. The molecule has 0 aliphatic carbocycles. The molecule has 2 aromatic carbocycles. The van der Waals surface area contributed by atoms with Gasteiger partial charge in [-0.1, -0.05) is 48.5 Å². The summed E-state index contributed by atoms with van der Waals surface area (Å²) in [7, 11) is 0. The number of hydrogen-bond acceptors (Lipinski definition) is 7. The Balaban J connectivity index is 1.23. The van der Waals surface area contributed by atoms with Crippen molar-refractivity contribution in [3.05, 3.63) is 70.6 Å². The Hall–Kier alpha value is -3.27. The zero-order chi connectivity index (χ0) is 29.7. The van der Waals surface area contributed by atoms with E-state index in [1.807, 2.05) is 25.1 Å². The van der Waals surface area contributed by atoms with E-state index in [1.165, 1.54) is 17.7 Å².